The second-order valence-corrected chi connectivity index (χ2v) is 7.87. The number of carbonyl (C=O) groups is 3. The molecule has 1 aliphatic heterocycles. The molecule has 3 rings (SSSR count). The zero-order valence-corrected chi connectivity index (χ0v) is 18.5. The second-order valence-electron chi connectivity index (χ2n) is 7.87. The summed E-state index contributed by atoms with van der Waals surface area (Å²) in [5, 5.41) is 2.58. The van der Waals surface area contributed by atoms with Crippen molar-refractivity contribution in [3.63, 3.8) is 0 Å². The van der Waals surface area contributed by atoms with Gasteiger partial charge in [0, 0.05) is 13.0 Å². The van der Waals surface area contributed by atoms with Crippen LogP contribution in [-0.2, 0) is 38.3 Å². The average Bonchev–Trinajstić information content (AvgIpc) is 3.32. The minimum Gasteiger partial charge on any atom is -0.467 e. The van der Waals surface area contributed by atoms with Gasteiger partial charge in [0.05, 0.1) is 12.7 Å². The molecule has 0 bridgehead atoms. The maximum absolute atomic E-state index is 12.9. The molecule has 182 valence electrons. The smallest absolute Gasteiger partial charge is 0.416 e. The molecule has 1 heterocycles. The molecular formula is C24H25F3N2O5. The molecule has 2 amide bonds. The van der Waals surface area contributed by atoms with Crippen molar-refractivity contribution in [2.75, 3.05) is 13.7 Å². The molecule has 0 unspecified atom stereocenters. The summed E-state index contributed by atoms with van der Waals surface area (Å²) in [7, 11) is 1.15. The maximum atomic E-state index is 12.9. The van der Waals surface area contributed by atoms with Crippen LogP contribution in [0.15, 0.2) is 54.6 Å². The van der Waals surface area contributed by atoms with Crippen molar-refractivity contribution in [1.29, 1.82) is 0 Å². The Balaban J connectivity index is 1.63. The lowest BCUT2D eigenvalue weighted by Gasteiger charge is -2.25. The van der Waals surface area contributed by atoms with Gasteiger partial charge in [0.1, 0.15) is 18.7 Å². The molecular weight excluding hydrogens is 453 g/mol. The molecule has 1 fully saturated rings. The van der Waals surface area contributed by atoms with Crippen LogP contribution in [0, 0.1) is 0 Å². The van der Waals surface area contributed by atoms with Crippen molar-refractivity contribution in [2.24, 2.45) is 0 Å². The van der Waals surface area contributed by atoms with E-state index >= 15 is 0 Å². The Bertz CT molecular complexity index is 996. The highest BCUT2D eigenvalue weighted by Gasteiger charge is 2.37. The molecule has 1 N–H and O–H groups in total. The van der Waals surface area contributed by atoms with Gasteiger partial charge in [-0.15, -0.1) is 0 Å². The Morgan fingerprint density at radius 2 is 1.74 bits per heavy atom. The molecule has 2 aromatic rings. The number of ether oxygens (including phenoxy) is 2. The van der Waals surface area contributed by atoms with E-state index < -0.39 is 41.8 Å². The number of carbonyl (C=O) groups excluding carboxylic acids is 3. The van der Waals surface area contributed by atoms with Crippen molar-refractivity contribution < 1.29 is 37.0 Å². The van der Waals surface area contributed by atoms with Crippen molar-refractivity contribution in [2.45, 2.75) is 44.1 Å². The van der Waals surface area contributed by atoms with Crippen LogP contribution in [0.4, 0.5) is 18.0 Å². The van der Waals surface area contributed by atoms with E-state index in [2.05, 4.69) is 5.32 Å². The predicted molar refractivity (Wildman–Crippen MR) is 115 cm³/mol. The number of halogens is 3. The van der Waals surface area contributed by atoms with E-state index in [0.29, 0.717) is 24.9 Å². The van der Waals surface area contributed by atoms with Crippen molar-refractivity contribution in [3.8, 4) is 0 Å². The number of likely N-dealkylation sites (tertiary alicyclic amines) is 1. The molecule has 0 saturated carbocycles. The number of rotatable bonds is 7. The first-order valence-electron chi connectivity index (χ1n) is 10.7. The zero-order chi connectivity index (χ0) is 24.7. The van der Waals surface area contributed by atoms with Gasteiger partial charge >= 0.3 is 18.2 Å². The first-order valence-corrected chi connectivity index (χ1v) is 10.7. The van der Waals surface area contributed by atoms with E-state index in [9.17, 15) is 27.6 Å². The standard InChI is InChI=1S/C24H25F3N2O5/c1-33-22(31)19(14-16-9-11-18(12-10-16)24(25,26)27)28-21(30)20-8-5-13-29(20)23(32)34-15-17-6-3-2-4-7-17/h2-4,6-7,9-12,19-20H,5,8,13-15H2,1H3,(H,28,30)/t19-,20-/m1/s1. The molecule has 34 heavy (non-hydrogen) atoms. The lowest BCUT2D eigenvalue weighted by atomic mass is 10.0. The van der Waals surface area contributed by atoms with Gasteiger partial charge in [-0.3, -0.25) is 9.69 Å². The fourth-order valence-corrected chi connectivity index (χ4v) is 3.73. The maximum Gasteiger partial charge on any atom is 0.416 e. The van der Waals surface area contributed by atoms with Crippen molar-refractivity contribution >= 4 is 18.0 Å². The fraction of sp³-hybridized carbons (Fsp3) is 0.375. The first-order chi connectivity index (χ1) is 16.2. The summed E-state index contributed by atoms with van der Waals surface area (Å²) in [4.78, 5) is 39.0. The van der Waals surface area contributed by atoms with Gasteiger partial charge in [0.25, 0.3) is 0 Å². The predicted octanol–water partition coefficient (Wildman–Crippen LogP) is 3.71. The van der Waals surface area contributed by atoms with E-state index in [0.717, 1.165) is 24.8 Å². The van der Waals surface area contributed by atoms with Crippen molar-refractivity contribution in [1.82, 2.24) is 10.2 Å². The fourth-order valence-electron chi connectivity index (χ4n) is 3.73. The quantitative estimate of drug-likeness (QED) is 0.614. The first kappa shape index (κ1) is 25.1. The van der Waals surface area contributed by atoms with Gasteiger partial charge in [-0.2, -0.15) is 13.2 Å². The van der Waals surface area contributed by atoms with E-state index in [1.54, 1.807) is 0 Å². The summed E-state index contributed by atoms with van der Waals surface area (Å²) < 4.78 is 48.4. The Labute approximate surface area is 194 Å². The SMILES string of the molecule is COC(=O)[C@@H](Cc1ccc(C(F)(F)F)cc1)NC(=O)[C@H]1CCCN1C(=O)OCc1ccccc1. The van der Waals surface area contributed by atoms with Crippen LogP contribution in [0.25, 0.3) is 0 Å². The number of hydrogen-bond donors (Lipinski definition) is 1. The van der Waals surface area contributed by atoms with Gasteiger partial charge in [-0.1, -0.05) is 42.5 Å². The number of nitrogens with zero attached hydrogens (tertiary/aromatic N) is 1. The number of esters is 1. The lowest BCUT2D eigenvalue weighted by Crippen LogP contribution is -2.51. The number of amides is 2. The second kappa shape index (κ2) is 11.0. The summed E-state index contributed by atoms with van der Waals surface area (Å²) in [6, 6.07) is 11.4. The Morgan fingerprint density at radius 1 is 1.06 bits per heavy atom. The van der Waals surface area contributed by atoms with Crippen LogP contribution in [0.1, 0.15) is 29.5 Å². The summed E-state index contributed by atoms with van der Waals surface area (Å²) >= 11 is 0. The largest absolute Gasteiger partial charge is 0.467 e. The van der Waals surface area contributed by atoms with Gasteiger partial charge in [-0.05, 0) is 36.1 Å². The van der Waals surface area contributed by atoms with Crippen LogP contribution in [0.5, 0.6) is 0 Å². The van der Waals surface area contributed by atoms with E-state index in [1.165, 1.54) is 17.0 Å². The Hall–Kier alpha value is -3.56. The molecule has 2 atom stereocenters. The van der Waals surface area contributed by atoms with Gasteiger partial charge in [-0.25, -0.2) is 9.59 Å². The molecule has 1 aliphatic rings. The number of benzene rings is 2. The molecule has 10 heteroatoms. The highest BCUT2D eigenvalue weighted by Crippen LogP contribution is 2.29. The summed E-state index contributed by atoms with van der Waals surface area (Å²) in [6.07, 6.45) is -4.21. The average molecular weight is 478 g/mol. The number of alkyl halides is 3. The van der Waals surface area contributed by atoms with Crippen LogP contribution >= 0.6 is 0 Å². The minimum absolute atomic E-state index is 0.0587. The van der Waals surface area contributed by atoms with E-state index in [-0.39, 0.29) is 13.0 Å². The van der Waals surface area contributed by atoms with Crippen LogP contribution in [0.3, 0.4) is 0 Å². The topological polar surface area (TPSA) is 84.9 Å². The lowest BCUT2D eigenvalue weighted by molar-refractivity contribution is -0.145. The Kier molecular flexibility index (Phi) is 8.14. The highest BCUT2D eigenvalue weighted by atomic mass is 19.4. The van der Waals surface area contributed by atoms with Crippen LogP contribution in [-0.4, -0.2) is 48.6 Å². The molecule has 0 aliphatic carbocycles. The zero-order valence-electron chi connectivity index (χ0n) is 18.5. The number of hydrogen-bond acceptors (Lipinski definition) is 5. The van der Waals surface area contributed by atoms with Gasteiger partial charge in [0.2, 0.25) is 5.91 Å². The molecule has 2 aromatic carbocycles. The highest BCUT2D eigenvalue weighted by molar-refractivity contribution is 5.90. The van der Waals surface area contributed by atoms with Gasteiger partial charge in [0.15, 0.2) is 0 Å². The molecule has 0 spiro atoms. The van der Waals surface area contributed by atoms with Crippen molar-refractivity contribution in [3.05, 3.63) is 71.3 Å². The summed E-state index contributed by atoms with van der Waals surface area (Å²) in [5.74, 6) is -1.30. The monoisotopic (exact) mass is 478 g/mol. The minimum atomic E-state index is -4.48. The molecule has 1 saturated heterocycles. The third-order valence-electron chi connectivity index (χ3n) is 5.52. The van der Waals surface area contributed by atoms with E-state index in [4.69, 9.17) is 9.47 Å². The number of nitrogens with one attached hydrogen (secondary N) is 1. The molecule has 0 radical (unpaired) electrons. The van der Waals surface area contributed by atoms with E-state index in [1.807, 2.05) is 30.3 Å². The summed E-state index contributed by atoms with van der Waals surface area (Å²) in [6.45, 7) is 0.386. The van der Waals surface area contributed by atoms with Crippen LogP contribution in [0.2, 0.25) is 0 Å². The normalized spacial score (nSPS) is 16.6. The number of methoxy groups -OCH3 is 1. The Morgan fingerprint density at radius 3 is 2.35 bits per heavy atom. The van der Waals surface area contributed by atoms with Gasteiger partial charge < -0.3 is 14.8 Å². The molecule has 0 aromatic heterocycles. The molecule has 7 nitrogen and oxygen atoms in total. The van der Waals surface area contributed by atoms with Crippen LogP contribution < -0.4 is 5.32 Å². The third-order valence-corrected chi connectivity index (χ3v) is 5.52. The third kappa shape index (κ3) is 6.49. The summed E-state index contributed by atoms with van der Waals surface area (Å²) in [5.41, 5.74) is 0.401.